The first-order valence-corrected chi connectivity index (χ1v) is 17.0. The van der Waals surface area contributed by atoms with Gasteiger partial charge >= 0.3 is 0 Å². The molecule has 45 heavy (non-hydrogen) atoms. The van der Waals surface area contributed by atoms with Gasteiger partial charge in [-0.05, 0) is 66.4 Å². The van der Waals surface area contributed by atoms with Crippen LogP contribution >= 0.6 is 34.8 Å². The van der Waals surface area contributed by atoms with E-state index in [4.69, 9.17) is 34.8 Å². The van der Waals surface area contributed by atoms with Crippen LogP contribution in [0.5, 0.6) is 0 Å². The van der Waals surface area contributed by atoms with Gasteiger partial charge in [-0.15, -0.1) is 0 Å². The van der Waals surface area contributed by atoms with Crippen LogP contribution < -0.4 is 9.62 Å². The van der Waals surface area contributed by atoms with E-state index in [0.717, 1.165) is 15.4 Å². The number of aryl methyl sites for hydroxylation is 1. The van der Waals surface area contributed by atoms with Gasteiger partial charge in [0.1, 0.15) is 12.6 Å². The molecule has 0 aromatic heterocycles. The summed E-state index contributed by atoms with van der Waals surface area (Å²) in [5.74, 6) is -0.949. The summed E-state index contributed by atoms with van der Waals surface area (Å²) in [5.41, 5.74) is 2.42. The molecule has 0 aliphatic carbocycles. The zero-order valence-corrected chi connectivity index (χ0v) is 28.0. The van der Waals surface area contributed by atoms with E-state index in [9.17, 15) is 18.0 Å². The Morgan fingerprint density at radius 2 is 1.47 bits per heavy atom. The molecule has 0 fully saturated rings. The molecular formula is C34H34Cl3N3O4S. The summed E-state index contributed by atoms with van der Waals surface area (Å²) in [4.78, 5) is 29.6. The van der Waals surface area contributed by atoms with Crippen molar-refractivity contribution in [3.63, 3.8) is 0 Å². The third-order valence-corrected chi connectivity index (χ3v) is 10.1. The average Bonchev–Trinajstić information content (AvgIpc) is 3.04. The molecule has 4 rings (SSSR count). The highest BCUT2D eigenvalue weighted by molar-refractivity contribution is 7.92. The van der Waals surface area contributed by atoms with E-state index in [2.05, 4.69) is 5.32 Å². The molecule has 2 amide bonds. The van der Waals surface area contributed by atoms with Gasteiger partial charge in [0.25, 0.3) is 10.0 Å². The summed E-state index contributed by atoms with van der Waals surface area (Å²) in [6.45, 7) is 3.53. The molecule has 4 aromatic rings. The number of sulfonamides is 1. The standard InChI is InChI=1S/C34H34Cl3N3O4S/c1-3-18-38-34(42)32(20-25-10-6-4-7-11-25)39(22-26-15-17-29(35)31(37)19-26)33(41)23-40(27-16-14-24(2)30(36)21-27)45(43,44)28-12-8-5-9-13-28/h4-17,19,21,32H,3,18,20,22-23H2,1-2H3,(H,38,42)/t32-/m1/s1. The van der Waals surface area contributed by atoms with Crippen LogP contribution in [-0.4, -0.2) is 44.3 Å². The molecule has 11 heteroatoms. The van der Waals surface area contributed by atoms with Gasteiger partial charge in [0.15, 0.2) is 0 Å². The van der Waals surface area contributed by atoms with Gasteiger partial charge in [-0.25, -0.2) is 8.42 Å². The lowest BCUT2D eigenvalue weighted by Gasteiger charge is -2.34. The molecule has 1 atom stereocenters. The van der Waals surface area contributed by atoms with Gasteiger partial charge in [0.2, 0.25) is 11.8 Å². The largest absolute Gasteiger partial charge is 0.354 e. The molecule has 0 aliphatic rings. The van der Waals surface area contributed by atoms with Gasteiger partial charge in [0, 0.05) is 24.5 Å². The van der Waals surface area contributed by atoms with Crippen molar-refractivity contribution < 1.29 is 18.0 Å². The molecule has 4 aromatic carbocycles. The molecule has 1 N–H and O–H groups in total. The molecule has 236 valence electrons. The third kappa shape index (κ3) is 8.79. The molecule has 0 bridgehead atoms. The Bertz CT molecular complexity index is 1740. The Morgan fingerprint density at radius 3 is 2.09 bits per heavy atom. The van der Waals surface area contributed by atoms with Crippen molar-refractivity contribution in [2.45, 2.75) is 44.2 Å². The molecule has 0 spiro atoms. The molecule has 0 aliphatic heterocycles. The fraction of sp³-hybridized carbons (Fsp3) is 0.235. The number of nitrogens with zero attached hydrogens (tertiary/aromatic N) is 2. The van der Waals surface area contributed by atoms with Crippen molar-refractivity contribution in [3.05, 3.63) is 129 Å². The average molecular weight is 687 g/mol. The van der Waals surface area contributed by atoms with E-state index >= 15 is 0 Å². The highest BCUT2D eigenvalue weighted by Gasteiger charge is 2.34. The first-order chi connectivity index (χ1) is 21.5. The molecule has 0 saturated carbocycles. The molecule has 0 unspecified atom stereocenters. The summed E-state index contributed by atoms with van der Waals surface area (Å²) in [7, 11) is -4.23. The summed E-state index contributed by atoms with van der Waals surface area (Å²) < 4.78 is 29.2. The fourth-order valence-corrected chi connectivity index (χ4v) is 6.66. The second-order valence-corrected chi connectivity index (χ2v) is 13.6. The van der Waals surface area contributed by atoms with Gasteiger partial charge in [-0.1, -0.05) is 102 Å². The van der Waals surface area contributed by atoms with E-state index in [1.165, 1.54) is 23.1 Å². The number of carbonyl (C=O) groups excluding carboxylic acids is 2. The number of hydrogen-bond acceptors (Lipinski definition) is 4. The van der Waals surface area contributed by atoms with Crippen LogP contribution in [0.3, 0.4) is 0 Å². The third-order valence-electron chi connectivity index (χ3n) is 7.21. The zero-order chi connectivity index (χ0) is 32.6. The van der Waals surface area contributed by atoms with Gasteiger partial charge < -0.3 is 10.2 Å². The summed E-state index contributed by atoms with van der Waals surface area (Å²) in [6, 6.07) is 26.0. The number of halogens is 3. The lowest BCUT2D eigenvalue weighted by atomic mass is 10.0. The Labute approximate surface area is 279 Å². The van der Waals surface area contributed by atoms with Crippen molar-refractivity contribution >= 4 is 62.3 Å². The number of hydrogen-bond donors (Lipinski definition) is 1. The first kappa shape index (κ1) is 34.3. The topological polar surface area (TPSA) is 86.8 Å². The van der Waals surface area contributed by atoms with Gasteiger partial charge in [-0.3, -0.25) is 13.9 Å². The zero-order valence-electron chi connectivity index (χ0n) is 24.9. The minimum Gasteiger partial charge on any atom is -0.354 e. The van der Waals surface area contributed by atoms with E-state index in [1.807, 2.05) is 37.3 Å². The maximum Gasteiger partial charge on any atom is 0.264 e. The molecule has 7 nitrogen and oxygen atoms in total. The van der Waals surface area contributed by atoms with E-state index < -0.39 is 28.5 Å². The minimum atomic E-state index is -4.23. The fourth-order valence-electron chi connectivity index (χ4n) is 4.74. The van der Waals surface area contributed by atoms with Crippen molar-refractivity contribution in [2.24, 2.45) is 0 Å². The van der Waals surface area contributed by atoms with E-state index in [-0.39, 0.29) is 29.5 Å². The summed E-state index contributed by atoms with van der Waals surface area (Å²) in [5, 5.41) is 3.90. The van der Waals surface area contributed by atoms with Crippen molar-refractivity contribution in [3.8, 4) is 0 Å². The lowest BCUT2D eigenvalue weighted by molar-refractivity contribution is -0.140. The van der Waals surface area contributed by atoms with Crippen LogP contribution in [0.2, 0.25) is 15.1 Å². The smallest absolute Gasteiger partial charge is 0.264 e. The van der Waals surface area contributed by atoms with E-state index in [1.54, 1.807) is 55.5 Å². The normalized spacial score (nSPS) is 11.9. The quantitative estimate of drug-likeness (QED) is 0.160. The second kappa shape index (κ2) is 15.6. The maximum absolute atomic E-state index is 14.5. The number of benzene rings is 4. The predicted molar refractivity (Wildman–Crippen MR) is 181 cm³/mol. The molecular weight excluding hydrogens is 653 g/mol. The minimum absolute atomic E-state index is 0.00653. The number of amides is 2. The molecule has 0 saturated heterocycles. The van der Waals surface area contributed by atoms with Crippen LogP contribution in [0, 0.1) is 6.92 Å². The predicted octanol–water partition coefficient (Wildman–Crippen LogP) is 7.32. The monoisotopic (exact) mass is 685 g/mol. The van der Waals surface area contributed by atoms with Crippen molar-refractivity contribution in [2.75, 3.05) is 17.4 Å². The van der Waals surface area contributed by atoms with Gasteiger partial charge in [-0.2, -0.15) is 0 Å². The molecule has 0 radical (unpaired) electrons. The summed E-state index contributed by atoms with van der Waals surface area (Å²) >= 11 is 18.9. The van der Waals surface area contributed by atoms with Gasteiger partial charge in [0.05, 0.1) is 20.6 Å². The number of rotatable bonds is 13. The molecule has 0 heterocycles. The SMILES string of the molecule is CCCNC(=O)[C@@H](Cc1ccccc1)N(Cc1ccc(Cl)c(Cl)c1)C(=O)CN(c1ccc(C)c(Cl)c1)S(=O)(=O)c1ccccc1. The lowest BCUT2D eigenvalue weighted by Crippen LogP contribution is -2.53. The second-order valence-electron chi connectivity index (χ2n) is 10.5. The van der Waals surface area contributed by atoms with Crippen LogP contribution in [0.25, 0.3) is 0 Å². The highest BCUT2D eigenvalue weighted by Crippen LogP contribution is 2.29. The van der Waals surface area contributed by atoms with Crippen LogP contribution in [0.15, 0.2) is 102 Å². The number of nitrogens with one attached hydrogen (secondary N) is 1. The van der Waals surface area contributed by atoms with Crippen molar-refractivity contribution in [1.29, 1.82) is 0 Å². The van der Waals surface area contributed by atoms with Crippen LogP contribution in [0.4, 0.5) is 5.69 Å². The Balaban J connectivity index is 1.82. The Morgan fingerprint density at radius 1 is 0.800 bits per heavy atom. The highest BCUT2D eigenvalue weighted by atomic mass is 35.5. The Hall–Kier alpha value is -3.56. The number of anilines is 1. The van der Waals surface area contributed by atoms with Crippen LogP contribution in [-0.2, 0) is 32.6 Å². The van der Waals surface area contributed by atoms with E-state index in [0.29, 0.717) is 33.6 Å². The van der Waals surface area contributed by atoms with Crippen LogP contribution in [0.1, 0.15) is 30.0 Å². The van der Waals surface area contributed by atoms with Crippen molar-refractivity contribution in [1.82, 2.24) is 10.2 Å². The summed E-state index contributed by atoms with van der Waals surface area (Å²) in [6.07, 6.45) is 0.896. The Kier molecular flexibility index (Phi) is 11.9. The maximum atomic E-state index is 14.5. The number of carbonyl (C=O) groups is 2. The first-order valence-electron chi connectivity index (χ1n) is 14.4.